The first kappa shape index (κ1) is 15.0. The average molecular weight is 250 g/mol. The zero-order chi connectivity index (χ0) is 13.4. The first-order valence-electron chi connectivity index (χ1n) is 6.90. The Bertz CT molecular complexity index is 339. The van der Waals surface area contributed by atoms with Crippen molar-refractivity contribution in [3.8, 4) is 5.75 Å². The fourth-order valence-corrected chi connectivity index (χ4v) is 2.06. The Balaban J connectivity index is 2.77. The van der Waals surface area contributed by atoms with Crippen LogP contribution in [0.25, 0.3) is 0 Å². The van der Waals surface area contributed by atoms with Gasteiger partial charge in [-0.2, -0.15) is 0 Å². The van der Waals surface area contributed by atoms with E-state index in [0.717, 1.165) is 17.7 Å². The van der Waals surface area contributed by atoms with Gasteiger partial charge < -0.3 is 4.74 Å². The van der Waals surface area contributed by atoms with Gasteiger partial charge in [0.15, 0.2) is 0 Å². The van der Waals surface area contributed by atoms with Gasteiger partial charge in [0.1, 0.15) is 5.75 Å². The van der Waals surface area contributed by atoms with E-state index in [-0.39, 0.29) is 12.1 Å². The van der Waals surface area contributed by atoms with Gasteiger partial charge in [-0.15, -0.1) is 0 Å². The van der Waals surface area contributed by atoms with Crippen molar-refractivity contribution in [2.75, 3.05) is 0 Å². The van der Waals surface area contributed by atoms with Crippen molar-refractivity contribution in [2.45, 2.75) is 58.6 Å². The minimum absolute atomic E-state index is 0.173. The number of nitrogens with two attached hydrogens (primary N) is 1. The SMILES string of the molecule is CCCCCC(NN)c1ccccc1OC(C)C. The Morgan fingerprint density at radius 1 is 1.22 bits per heavy atom. The highest BCUT2D eigenvalue weighted by molar-refractivity contribution is 5.36. The summed E-state index contributed by atoms with van der Waals surface area (Å²) in [5, 5.41) is 0. The van der Waals surface area contributed by atoms with E-state index in [1.54, 1.807) is 0 Å². The van der Waals surface area contributed by atoms with Crippen LogP contribution in [0.2, 0.25) is 0 Å². The second kappa shape index (κ2) is 8.11. The Labute approximate surface area is 111 Å². The molecule has 1 atom stereocenters. The third-order valence-corrected chi connectivity index (χ3v) is 2.95. The minimum Gasteiger partial charge on any atom is -0.491 e. The molecule has 3 nitrogen and oxygen atoms in total. The lowest BCUT2D eigenvalue weighted by Gasteiger charge is -2.21. The number of hydrogen-bond acceptors (Lipinski definition) is 3. The van der Waals surface area contributed by atoms with Gasteiger partial charge in [-0.3, -0.25) is 11.3 Å². The number of ether oxygens (including phenoxy) is 1. The molecule has 0 aliphatic rings. The van der Waals surface area contributed by atoms with Crippen LogP contribution in [0.1, 0.15) is 58.1 Å². The first-order valence-corrected chi connectivity index (χ1v) is 6.90. The molecular formula is C15H26N2O. The fraction of sp³-hybridized carbons (Fsp3) is 0.600. The highest BCUT2D eigenvalue weighted by Crippen LogP contribution is 2.28. The van der Waals surface area contributed by atoms with Crippen molar-refractivity contribution in [2.24, 2.45) is 5.84 Å². The average Bonchev–Trinajstić information content (AvgIpc) is 2.35. The third kappa shape index (κ3) is 4.67. The van der Waals surface area contributed by atoms with E-state index in [0.29, 0.717) is 0 Å². The van der Waals surface area contributed by atoms with E-state index in [4.69, 9.17) is 10.6 Å². The van der Waals surface area contributed by atoms with Crippen LogP contribution in [0.4, 0.5) is 0 Å². The smallest absolute Gasteiger partial charge is 0.124 e. The topological polar surface area (TPSA) is 47.3 Å². The number of para-hydroxylation sites is 1. The summed E-state index contributed by atoms with van der Waals surface area (Å²) >= 11 is 0. The summed E-state index contributed by atoms with van der Waals surface area (Å²) in [6.07, 6.45) is 4.87. The maximum Gasteiger partial charge on any atom is 0.124 e. The van der Waals surface area contributed by atoms with E-state index < -0.39 is 0 Å². The quantitative estimate of drug-likeness (QED) is 0.421. The van der Waals surface area contributed by atoms with Gasteiger partial charge in [0.25, 0.3) is 0 Å². The molecule has 0 aromatic heterocycles. The lowest BCUT2D eigenvalue weighted by Crippen LogP contribution is -2.28. The zero-order valence-corrected chi connectivity index (χ0v) is 11.8. The summed E-state index contributed by atoms with van der Waals surface area (Å²) < 4.78 is 5.84. The summed E-state index contributed by atoms with van der Waals surface area (Å²) in [5.41, 5.74) is 4.07. The van der Waals surface area contributed by atoms with Crippen molar-refractivity contribution in [3.63, 3.8) is 0 Å². The molecule has 0 saturated carbocycles. The van der Waals surface area contributed by atoms with Gasteiger partial charge in [0.05, 0.1) is 6.10 Å². The molecule has 1 aromatic rings. The van der Waals surface area contributed by atoms with E-state index in [1.165, 1.54) is 19.3 Å². The largest absolute Gasteiger partial charge is 0.491 e. The van der Waals surface area contributed by atoms with Crippen LogP contribution in [0.3, 0.4) is 0 Å². The minimum atomic E-state index is 0.173. The molecule has 0 spiro atoms. The molecule has 1 rings (SSSR count). The number of rotatable bonds is 8. The molecule has 0 aliphatic heterocycles. The number of nitrogens with one attached hydrogen (secondary N) is 1. The molecule has 1 unspecified atom stereocenters. The van der Waals surface area contributed by atoms with E-state index in [2.05, 4.69) is 18.4 Å². The molecule has 18 heavy (non-hydrogen) atoms. The van der Waals surface area contributed by atoms with Crippen molar-refractivity contribution in [3.05, 3.63) is 29.8 Å². The molecule has 102 valence electrons. The van der Waals surface area contributed by atoms with Gasteiger partial charge in [-0.05, 0) is 26.3 Å². The lowest BCUT2D eigenvalue weighted by atomic mass is 10.00. The molecule has 3 heteroatoms. The standard InChI is InChI=1S/C15H26N2O/c1-4-5-6-10-14(17-16)13-9-7-8-11-15(13)18-12(2)3/h7-9,11-12,14,17H,4-6,10,16H2,1-3H3. The van der Waals surface area contributed by atoms with Gasteiger partial charge >= 0.3 is 0 Å². The van der Waals surface area contributed by atoms with Crippen molar-refractivity contribution in [1.29, 1.82) is 0 Å². The molecule has 0 heterocycles. The maximum atomic E-state index is 5.84. The lowest BCUT2D eigenvalue weighted by molar-refractivity contribution is 0.237. The second-order valence-electron chi connectivity index (χ2n) is 4.92. The normalized spacial score (nSPS) is 12.7. The summed E-state index contributed by atoms with van der Waals surface area (Å²) in [5.74, 6) is 6.62. The Morgan fingerprint density at radius 3 is 2.56 bits per heavy atom. The molecule has 0 bridgehead atoms. The van der Waals surface area contributed by atoms with E-state index in [9.17, 15) is 0 Å². The molecule has 1 aromatic carbocycles. The number of benzene rings is 1. The third-order valence-electron chi connectivity index (χ3n) is 2.95. The Hall–Kier alpha value is -1.06. The molecule has 0 aliphatic carbocycles. The van der Waals surface area contributed by atoms with E-state index in [1.807, 2.05) is 32.0 Å². The number of unbranched alkanes of at least 4 members (excludes halogenated alkanes) is 2. The van der Waals surface area contributed by atoms with Crippen molar-refractivity contribution in [1.82, 2.24) is 5.43 Å². The molecule has 0 amide bonds. The molecule has 0 fully saturated rings. The van der Waals surface area contributed by atoms with Crippen LogP contribution >= 0.6 is 0 Å². The highest BCUT2D eigenvalue weighted by atomic mass is 16.5. The molecule has 3 N–H and O–H groups in total. The number of hydrogen-bond donors (Lipinski definition) is 2. The maximum absolute atomic E-state index is 5.84. The van der Waals surface area contributed by atoms with Crippen molar-refractivity contribution >= 4 is 0 Å². The summed E-state index contributed by atoms with van der Waals surface area (Å²) in [7, 11) is 0. The zero-order valence-electron chi connectivity index (χ0n) is 11.8. The Morgan fingerprint density at radius 2 is 1.94 bits per heavy atom. The van der Waals surface area contributed by atoms with Crippen molar-refractivity contribution < 1.29 is 4.74 Å². The monoisotopic (exact) mass is 250 g/mol. The van der Waals surface area contributed by atoms with E-state index >= 15 is 0 Å². The van der Waals surface area contributed by atoms with Crippen LogP contribution in [-0.2, 0) is 0 Å². The van der Waals surface area contributed by atoms with Crippen LogP contribution in [0.15, 0.2) is 24.3 Å². The van der Waals surface area contributed by atoms with Crippen LogP contribution in [-0.4, -0.2) is 6.10 Å². The van der Waals surface area contributed by atoms with Gasteiger partial charge in [-0.25, -0.2) is 0 Å². The van der Waals surface area contributed by atoms with Crippen LogP contribution < -0.4 is 16.0 Å². The molecule has 0 saturated heterocycles. The highest BCUT2D eigenvalue weighted by Gasteiger charge is 2.14. The summed E-state index contributed by atoms with van der Waals surface area (Å²) in [6, 6.07) is 8.31. The Kier molecular flexibility index (Phi) is 6.76. The predicted octanol–water partition coefficient (Wildman–Crippen LogP) is 3.56. The fourth-order valence-electron chi connectivity index (χ4n) is 2.06. The predicted molar refractivity (Wildman–Crippen MR) is 76.4 cm³/mol. The molecular weight excluding hydrogens is 224 g/mol. The molecule has 0 radical (unpaired) electrons. The first-order chi connectivity index (χ1) is 8.69. The number of hydrazine groups is 1. The van der Waals surface area contributed by atoms with Gasteiger partial charge in [0.2, 0.25) is 0 Å². The van der Waals surface area contributed by atoms with Gasteiger partial charge in [0, 0.05) is 11.6 Å². The van der Waals surface area contributed by atoms with Crippen LogP contribution in [0.5, 0.6) is 5.75 Å². The second-order valence-corrected chi connectivity index (χ2v) is 4.92. The summed E-state index contributed by atoms with van der Waals surface area (Å²) in [6.45, 7) is 6.29. The van der Waals surface area contributed by atoms with Crippen LogP contribution in [0, 0.1) is 0 Å². The van der Waals surface area contributed by atoms with Gasteiger partial charge in [-0.1, -0.05) is 44.4 Å². The summed E-state index contributed by atoms with van der Waals surface area (Å²) in [4.78, 5) is 0.